The molecule has 0 aliphatic rings. The predicted octanol–water partition coefficient (Wildman–Crippen LogP) is 2.68. The lowest BCUT2D eigenvalue weighted by Gasteiger charge is -2.02. The van der Waals surface area contributed by atoms with Crippen molar-refractivity contribution in [2.45, 2.75) is 6.92 Å². The van der Waals surface area contributed by atoms with Crippen LogP contribution in [0, 0.1) is 5.82 Å². The number of aromatic nitrogens is 3. The van der Waals surface area contributed by atoms with Crippen LogP contribution in [-0.4, -0.2) is 26.2 Å². The molecule has 23 heavy (non-hydrogen) atoms. The van der Waals surface area contributed by atoms with Gasteiger partial charge in [0.15, 0.2) is 5.65 Å². The van der Waals surface area contributed by atoms with Crippen LogP contribution in [0.1, 0.15) is 23.1 Å². The van der Waals surface area contributed by atoms with Gasteiger partial charge in [-0.3, -0.25) is 9.20 Å². The third-order valence-corrected chi connectivity index (χ3v) is 3.47. The standard InChI is InChI=1S/C15H11ClFN5O/c1-9(10-4-6-11(17)7-5-10)18-21-15(23)14-20-19-13-12(16)3-2-8-22(13)14/h2-8H,1H3,(H,21,23). The number of hydrogen-bond donors (Lipinski definition) is 1. The van der Waals surface area contributed by atoms with Gasteiger partial charge in [0.2, 0.25) is 5.82 Å². The van der Waals surface area contributed by atoms with Gasteiger partial charge in [0.1, 0.15) is 5.82 Å². The van der Waals surface area contributed by atoms with Crippen LogP contribution in [0.3, 0.4) is 0 Å². The lowest BCUT2D eigenvalue weighted by Crippen LogP contribution is -2.22. The fourth-order valence-corrected chi connectivity index (χ4v) is 2.18. The van der Waals surface area contributed by atoms with Gasteiger partial charge in [-0.05, 0) is 36.8 Å². The Labute approximate surface area is 135 Å². The molecule has 8 heteroatoms. The highest BCUT2D eigenvalue weighted by molar-refractivity contribution is 6.33. The highest BCUT2D eigenvalue weighted by atomic mass is 35.5. The Morgan fingerprint density at radius 1 is 1.26 bits per heavy atom. The summed E-state index contributed by atoms with van der Waals surface area (Å²) in [5, 5.41) is 12.1. The van der Waals surface area contributed by atoms with Gasteiger partial charge >= 0.3 is 5.91 Å². The molecule has 0 unspecified atom stereocenters. The van der Waals surface area contributed by atoms with Gasteiger partial charge in [-0.15, -0.1) is 10.2 Å². The van der Waals surface area contributed by atoms with Crippen LogP contribution >= 0.6 is 11.6 Å². The molecule has 0 spiro atoms. The molecule has 0 radical (unpaired) electrons. The van der Waals surface area contributed by atoms with Crippen molar-refractivity contribution in [3.8, 4) is 0 Å². The second-order valence-corrected chi connectivity index (χ2v) is 5.13. The maximum absolute atomic E-state index is 12.9. The molecule has 1 aromatic carbocycles. The van der Waals surface area contributed by atoms with Gasteiger partial charge in [-0.2, -0.15) is 5.10 Å². The maximum atomic E-state index is 12.9. The average molecular weight is 332 g/mol. The first-order chi connectivity index (χ1) is 11.1. The Balaban J connectivity index is 1.82. The number of hydrogen-bond acceptors (Lipinski definition) is 4. The molecule has 3 rings (SSSR count). The van der Waals surface area contributed by atoms with E-state index in [4.69, 9.17) is 11.6 Å². The van der Waals surface area contributed by atoms with Gasteiger partial charge in [-0.1, -0.05) is 23.7 Å². The van der Waals surface area contributed by atoms with E-state index in [1.807, 2.05) is 0 Å². The molecule has 0 aliphatic carbocycles. The van der Waals surface area contributed by atoms with E-state index in [0.29, 0.717) is 21.9 Å². The zero-order chi connectivity index (χ0) is 16.4. The number of nitrogens with one attached hydrogen (secondary N) is 1. The zero-order valence-electron chi connectivity index (χ0n) is 12.0. The molecule has 6 nitrogen and oxygen atoms in total. The Hall–Kier alpha value is -2.80. The van der Waals surface area contributed by atoms with Gasteiger partial charge in [0.05, 0.1) is 10.7 Å². The molecule has 0 saturated carbocycles. The van der Waals surface area contributed by atoms with Crippen LogP contribution in [0.5, 0.6) is 0 Å². The van der Waals surface area contributed by atoms with Crippen LogP contribution in [-0.2, 0) is 0 Å². The summed E-state index contributed by atoms with van der Waals surface area (Å²) in [6, 6.07) is 9.14. The number of carbonyl (C=O) groups excluding carboxylic acids is 1. The van der Waals surface area contributed by atoms with E-state index >= 15 is 0 Å². The van der Waals surface area contributed by atoms with Crippen molar-refractivity contribution in [1.29, 1.82) is 0 Å². The summed E-state index contributed by atoms with van der Waals surface area (Å²) in [7, 11) is 0. The minimum absolute atomic E-state index is 0.0677. The third-order valence-electron chi connectivity index (χ3n) is 3.18. The predicted molar refractivity (Wildman–Crippen MR) is 84.1 cm³/mol. The van der Waals surface area contributed by atoms with Crippen molar-refractivity contribution in [2.24, 2.45) is 5.10 Å². The fourth-order valence-electron chi connectivity index (χ4n) is 1.98. The molecular weight excluding hydrogens is 321 g/mol. The number of rotatable bonds is 3. The lowest BCUT2D eigenvalue weighted by atomic mass is 10.1. The number of pyridine rings is 1. The average Bonchev–Trinajstić information content (AvgIpc) is 2.98. The van der Waals surface area contributed by atoms with Crippen LogP contribution in [0.15, 0.2) is 47.7 Å². The fraction of sp³-hybridized carbons (Fsp3) is 0.0667. The third kappa shape index (κ3) is 3.04. The quantitative estimate of drug-likeness (QED) is 0.592. The van der Waals surface area contributed by atoms with Crippen LogP contribution in [0.4, 0.5) is 4.39 Å². The van der Waals surface area contributed by atoms with Crippen LogP contribution in [0.25, 0.3) is 5.65 Å². The second kappa shape index (κ2) is 6.13. The van der Waals surface area contributed by atoms with Crippen molar-refractivity contribution in [1.82, 2.24) is 20.0 Å². The van der Waals surface area contributed by atoms with Gasteiger partial charge in [-0.25, -0.2) is 9.82 Å². The van der Waals surface area contributed by atoms with Gasteiger partial charge < -0.3 is 0 Å². The lowest BCUT2D eigenvalue weighted by molar-refractivity contribution is 0.0943. The molecule has 0 fully saturated rings. The topological polar surface area (TPSA) is 71.7 Å². The highest BCUT2D eigenvalue weighted by Gasteiger charge is 2.15. The number of nitrogens with zero attached hydrogens (tertiary/aromatic N) is 4. The molecule has 3 aromatic rings. The van der Waals surface area contributed by atoms with Gasteiger partial charge in [0, 0.05) is 6.20 Å². The maximum Gasteiger partial charge on any atom is 0.309 e. The number of fused-ring (bicyclic) bond motifs is 1. The first-order valence-corrected chi connectivity index (χ1v) is 7.04. The van der Waals surface area contributed by atoms with E-state index in [2.05, 4.69) is 20.7 Å². The molecular formula is C15H11ClFN5O. The molecule has 2 aromatic heterocycles. The molecule has 0 aliphatic heterocycles. The Morgan fingerprint density at radius 2 is 2.00 bits per heavy atom. The summed E-state index contributed by atoms with van der Waals surface area (Å²) in [6.45, 7) is 1.70. The molecule has 116 valence electrons. The first kappa shape index (κ1) is 15.1. The molecule has 2 heterocycles. The number of halogens is 2. The van der Waals surface area contributed by atoms with Crippen molar-refractivity contribution in [3.05, 3.63) is 64.8 Å². The summed E-state index contributed by atoms with van der Waals surface area (Å²) in [5.74, 6) is -0.795. The second-order valence-electron chi connectivity index (χ2n) is 4.72. The molecule has 0 bridgehead atoms. The number of carbonyl (C=O) groups is 1. The Morgan fingerprint density at radius 3 is 2.74 bits per heavy atom. The summed E-state index contributed by atoms with van der Waals surface area (Å²) >= 11 is 5.98. The normalized spacial score (nSPS) is 11.7. The van der Waals surface area contributed by atoms with Crippen LogP contribution in [0.2, 0.25) is 5.02 Å². The van der Waals surface area contributed by atoms with E-state index in [0.717, 1.165) is 0 Å². The van der Waals surface area contributed by atoms with E-state index < -0.39 is 5.91 Å². The first-order valence-electron chi connectivity index (χ1n) is 6.66. The van der Waals surface area contributed by atoms with Crippen molar-refractivity contribution in [2.75, 3.05) is 0 Å². The van der Waals surface area contributed by atoms with E-state index in [1.165, 1.54) is 16.5 Å². The molecule has 0 atom stereocenters. The SMILES string of the molecule is CC(=NNC(=O)c1nnc2c(Cl)cccn12)c1ccc(F)cc1. The smallest absolute Gasteiger partial charge is 0.277 e. The molecule has 0 saturated heterocycles. The summed E-state index contributed by atoms with van der Waals surface area (Å²) < 4.78 is 14.4. The van der Waals surface area contributed by atoms with E-state index in [1.54, 1.807) is 37.4 Å². The molecule has 1 N–H and O–H groups in total. The van der Waals surface area contributed by atoms with E-state index in [9.17, 15) is 9.18 Å². The van der Waals surface area contributed by atoms with Crippen molar-refractivity contribution < 1.29 is 9.18 Å². The highest BCUT2D eigenvalue weighted by Crippen LogP contribution is 2.15. The number of hydrazone groups is 1. The largest absolute Gasteiger partial charge is 0.309 e. The summed E-state index contributed by atoms with van der Waals surface area (Å²) in [6.07, 6.45) is 1.63. The summed E-state index contributed by atoms with van der Waals surface area (Å²) in [5.41, 5.74) is 4.01. The molecule has 1 amide bonds. The van der Waals surface area contributed by atoms with Crippen LogP contribution < -0.4 is 5.43 Å². The number of benzene rings is 1. The summed E-state index contributed by atoms with van der Waals surface area (Å²) in [4.78, 5) is 12.2. The monoisotopic (exact) mass is 331 g/mol. The number of amides is 1. The minimum atomic E-state index is -0.527. The van der Waals surface area contributed by atoms with Crippen molar-refractivity contribution in [3.63, 3.8) is 0 Å². The Kier molecular flexibility index (Phi) is 4.03. The van der Waals surface area contributed by atoms with Gasteiger partial charge in [0.25, 0.3) is 0 Å². The minimum Gasteiger partial charge on any atom is -0.277 e. The van der Waals surface area contributed by atoms with Crippen molar-refractivity contribution >= 4 is 28.9 Å². The Bertz CT molecular complexity index is 904. The van der Waals surface area contributed by atoms with E-state index in [-0.39, 0.29) is 11.6 Å². The zero-order valence-corrected chi connectivity index (χ0v) is 12.8.